The number of para-hydroxylation sites is 4. The second kappa shape index (κ2) is 21.2. The number of rotatable bonds is 11. The first-order valence-electron chi connectivity index (χ1n) is 30.6. The van der Waals surface area contributed by atoms with Crippen LogP contribution in [0.15, 0.2) is 308 Å². The Morgan fingerprint density at radius 3 is 1.06 bits per heavy atom. The van der Waals surface area contributed by atoms with Gasteiger partial charge in [-0.15, -0.1) is 0 Å². The van der Waals surface area contributed by atoms with Gasteiger partial charge in [0, 0.05) is 44.8 Å². The Bertz CT molecular complexity index is 5150. The topological polar surface area (TPSA) is 19.6 Å². The van der Waals surface area contributed by atoms with Crippen molar-refractivity contribution in [1.29, 1.82) is 0 Å². The van der Waals surface area contributed by atoms with Crippen molar-refractivity contribution >= 4 is 77.6 Å². The van der Waals surface area contributed by atoms with E-state index in [0.29, 0.717) is 0 Å². The highest BCUT2D eigenvalue weighted by atomic mass is 16.3. The maximum atomic E-state index is 7.19. The van der Waals surface area contributed by atoms with Crippen LogP contribution in [-0.4, -0.2) is 0 Å². The highest BCUT2D eigenvalue weighted by Crippen LogP contribution is 2.66. The van der Waals surface area contributed by atoms with E-state index in [1.807, 2.05) is 0 Å². The minimum absolute atomic E-state index is 0.119. The highest BCUT2D eigenvalue weighted by molar-refractivity contribution is 6.33. The molecule has 1 aliphatic rings. The van der Waals surface area contributed by atoms with Gasteiger partial charge in [0.25, 0.3) is 0 Å². The SMILES string of the molecule is Cc1ccc(-c2ccccc2)cc1N(c1ccccc1)c1ccc2c(-c3ccccc3)c3c(c(-c4ccccc4)c2c1)-c1c-3c(-c2ccccc2)c2cc(N(c3ccccc3)c3cccc4c3oc3c(C(C)(C)C)cccc34)ccc2c1-c1ccccc1. The molecule has 0 aliphatic heterocycles. The average Bonchev–Trinajstić information content (AvgIpc) is 0.768. The van der Waals surface area contributed by atoms with Gasteiger partial charge in [-0.1, -0.05) is 263 Å². The van der Waals surface area contributed by atoms with E-state index in [-0.39, 0.29) is 5.41 Å². The van der Waals surface area contributed by atoms with Gasteiger partial charge in [0.05, 0.1) is 5.69 Å². The zero-order valence-corrected chi connectivity index (χ0v) is 49.7. The lowest BCUT2D eigenvalue weighted by Crippen LogP contribution is -2.13. The van der Waals surface area contributed by atoms with Gasteiger partial charge in [-0.25, -0.2) is 0 Å². The van der Waals surface area contributed by atoms with Crippen LogP contribution in [0.2, 0.25) is 0 Å². The Balaban J connectivity index is 1.02. The predicted octanol–water partition coefficient (Wildman–Crippen LogP) is 24.4. The number of anilines is 6. The van der Waals surface area contributed by atoms with Crippen LogP contribution in [0.25, 0.3) is 121 Å². The third kappa shape index (κ3) is 8.64. The Hall–Kier alpha value is -11.0. The first-order chi connectivity index (χ1) is 43.3. The fraction of sp³-hybridized carbons (Fsp3) is 0.0588. The number of furan rings is 1. The summed E-state index contributed by atoms with van der Waals surface area (Å²) >= 11 is 0. The van der Waals surface area contributed by atoms with Crippen molar-refractivity contribution in [2.24, 2.45) is 0 Å². The van der Waals surface area contributed by atoms with Crippen LogP contribution in [0.4, 0.5) is 34.1 Å². The molecule has 88 heavy (non-hydrogen) atoms. The van der Waals surface area contributed by atoms with Crippen molar-refractivity contribution in [3.8, 4) is 77.9 Å². The fourth-order valence-electron chi connectivity index (χ4n) is 14.0. The minimum atomic E-state index is -0.119. The molecule has 15 aromatic rings. The van der Waals surface area contributed by atoms with E-state index in [1.165, 1.54) is 105 Å². The normalized spacial score (nSPS) is 11.9. The molecule has 0 unspecified atom stereocenters. The van der Waals surface area contributed by atoms with Gasteiger partial charge in [-0.05, 0) is 178 Å². The smallest absolute Gasteiger partial charge is 0.159 e. The minimum Gasteiger partial charge on any atom is -0.454 e. The number of aryl methyl sites for hydroxylation is 1. The molecule has 14 aromatic carbocycles. The summed E-state index contributed by atoms with van der Waals surface area (Å²) in [5, 5.41) is 6.95. The lowest BCUT2D eigenvalue weighted by atomic mass is 9.65. The molecule has 3 heteroatoms. The average molecular weight is 1130 g/mol. The third-order valence-corrected chi connectivity index (χ3v) is 18.0. The van der Waals surface area contributed by atoms with Crippen molar-refractivity contribution in [2.75, 3.05) is 9.80 Å². The van der Waals surface area contributed by atoms with Crippen LogP contribution in [0.5, 0.6) is 0 Å². The summed E-state index contributed by atoms with van der Waals surface area (Å²) in [6.45, 7) is 9.02. The van der Waals surface area contributed by atoms with Crippen LogP contribution in [0.1, 0.15) is 31.9 Å². The van der Waals surface area contributed by atoms with Crippen LogP contribution >= 0.6 is 0 Å². The monoisotopic (exact) mass is 1130 g/mol. The molecule has 0 amide bonds. The molecule has 1 aromatic heterocycles. The first-order valence-corrected chi connectivity index (χ1v) is 30.6. The number of hydrogen-bond acceptors (Lipinski definition) is 3. The van der Waals surface area contributed by atoms with E-state index in [2.05, 4.69) is 341 Å². The van der Waals surface area contributed by atoms with Crippen molar-refractivity contribution in [3.05, 3.63) is 314 Å². The summed E-state index contributed by atoms with van der Waals surface area (Å²) in [4.78, 5) is 4.85. The van der Waals surface area contributed by atoms with Crippen molar-refractivity contribution < 1.29 is 4.42 Å². The van der Waals surface area contributed by atoms with E-state index < -0.39 is 0 Å². The van der Waals surface area contributed by atoms with Crippen LogP contribution in [-0.2, 0) is 5.41 Å². The first kappa shape index (κ1) is 52.5. The van der Waals surface area contributed by atoms with Crippen molar-refractivity contribution in [1.82, 2.24) is 0 Å². The van der Waals surface area contributed by atoms with Crippen LogP contribution in [0, 0.1) is 6.92 Å². The quantitative estimate of drug-likeness (QED) is 0.129. The molecule has 0 saturated heterocycles. The van der Waals surface area contributed by atoms with Crippen molar-refractivity contribution in [2.45, 2.75) is 33.1 Å². The number of fused-ring (bicyclic) bond motifs is 9. The van der Waals surface area contributed by atoms with E-state index >= 15 is 0 Å². The molecule has 0 bridgehead atoms. The fourth-order valence-corrected chi connectivity index (χ4v) is 14.0. The van der Waals surface area contributed by atoms with E-state index in [4.69, 9.17) is 4.42 Å². The third-order valence-electron chi connectivity index (χ3n) is 18.0. The van der Waals surface area contributed by atoms with Gasteiger partial charge in [0.2, 0.25) is 0 Å². The second-order valence-corrected chi connectivity index (χ2v) is 24.3. The van der Waals surface area contributed by atoms with Gasteiger partial charge < -0.3 is 14.2 Å². The molecule has 16 rings (SSSR count). The molecule has 0 N–H and O–H groups in total. The second-order valence-electron chi connectivity index (χ2n) is 24.3. The predicted molar refractivity (Wildman–Crippen MR) is 373 cm³/mol. The van der Waals surface area contributed by atoms with Gasteiger partial charge >= 0.3 is 0 Å². The van der Waals surface area contributed by atoms with Gasteiger partial charge in [-0.2, -0.15) is 0 Å². The summed E-state index contributed by atoms with van der Waals surface area (Å²) in [7, 11) is 0. The number of nitrogens with zero attached hydrogens (tertiary/aromatic N) is 2. The summed E-state index contributed by atoms with van der Waals surface area (Å²) in [5.41, 5.74) is 27.3. The van der Waals surface area contributed by atoms with Crippen molar-refractivity contribution in [3.63, 3.8) is 0 Å². The highest BCUT2D eigenvalue weighted by Gasteiger charge is 2.39. The van der Waals surface area contributed by atoms with Crippen LogP contribution < -0.4 is 9.80 Å². The lowest BCUT2D eigenvalue weighted by molar-refractivity contribution is 0.573. The van der Waals surface area contributed by atoms with Gasteiger partial charge in [0.1, 0.15) is 5.58 Å². The molecule has 0 atom stereocenters. The summed E-state index contributed by atoms with van der Waals surface area (Å²) in [6.07, 6.45) is 0. The Morgan fingerprint density at radius 1 is 0.250 bits per heavy atom. The molecule has 0 fully saturated rings. The molecular weight excluding hydrogens is 1060 g/mol. The molecule has 3 nitrogen and oxygen atoms in total. The standard InChI is InChI=1S/C85H62N2O/c1-55-46-47-61(56-28-12-5-13-29-56)52-74(55)87(63-40-24-11-25-41-63)65-49-51-67-71(54-65)78(60-36-20-9-21-37-60)82-79-75(57-30-14-6-15-31-57)66-50-48-64(53-70(66)77(59-34-18-8-19-35-59)81(79)80(82)76(67)58-32-16-7-17-33-58)86(62-38-22-10-23-39-62)73-45-27-43-69-68-42-26-44-72(85(2,3)4)83(68)88-84(69)73/h5-54H,1-4H3. The summed E-state index contributed by atoms with van der Waals surface area (Å²) < 4.78 is 7.19. The van der Waals surface area contributed by atoms with E-state index in [0.717, 1.165) is 61.6 Å². The maximum absolute atomic E-state index is 7.19. The Morgan fingerprint density at radius 2 is 0.625 bits per heavy atom. The van der Waals surface area contributed by atoms with Crippen LogP contribution in [0.3, 0.4) is 0 Å². The number of hydrogen-bond donors (Lipinski definition) is 0. The zero-order valence-electron chi connectivity index (χ0n) is 49.7. The molecule has 1 aliphatic carbocycles. The lowest BCUT2D eigenvalue weighted by Gasteiger charge is -2.38. The largest absolute Gasteiger partial charge is 0.454 e. The van der Waals surface area contributed by atoms with E-state index in [1.54, 1.807) is 0 Å². The summed E-state index contributed by atoms with van der Waals surface area (Å²) in [5.74, 6) is 0. The maximum Gasteiger partial charge on any atom is 0.159 e. The molecule has 1 heterocycles. The molecule has 0 saturated carbocycles. The van der Waals surface area contributed by atoms with Gasteiger partial charge in [-0.3, -0.25) is 0 Å². The van der Waals surface area contributed by atoms with Gasteiger partial charge in [0.15, 0.2) is 5.58 Å². The Kier molecular flexibility index (Phi) is 12.7. The molecular formula is C85H62N2O. The number of benzene rings is 14. The molecule has 0 radical (unpaired) electrons. The summed E-state index contributed by atoms with van der Waals surface area (Å²) in [6, 6.07) is 111. The molecule has 0 spiro atoms. The van der Waals surface area contributed by atoms with E-state index in [9.17, 15) is 0 Å². The Labute approximate surface area is 514 Å². The zero-order chi connectivity index (χ0) is 59.0. The molecule has 418 valence electrons.